The van der Waals surface area contributed by atoms with Gasteiger partial charge in [0.1, 0.15) is 5.75 Å². The molecule has 1 aliphatic rings. The Morgan fingerprint density at radius 1 is 1.35 bits per heavy atom. The fourth-order valence-electron chi connectivity index (χ4n) is 2.32. The van der Waals surface area contributed by atoms with Gasteiger partial charge in [0, 0.05) is 35.5 Å². The Kier molecular flexibility index (Phi) is 3.87. The number of amides is 1. The largest absolute Gasteiger partial charge is 0.496 e. The molecule has 23 heavy (non-hydrogen) atoms. The minimum atomic E-state index is -3.51. The van der Waals surface area contributed by atoms with Crippen LogP contribution >= 0.6 is 0 Å². The topological polar surface area (TPSA) is 85.4 Å². The SMILES string of the molecule is COc1cc(C(=O)NCc2cccnc2)cc2c1C=CS2(=O)=O. The first kappa shape index (κ1) is 15.2. The Hall–Kier alpha value is -2.67. The fourth-order valence-corrected chi connectivity index (χ4v) is 3.55. The van der Waals surface area contributed by atoms with Gasteiger partial charge < -0.3 is 10.1 Å². The van der Waals surface area contributed by atoms with E-state index in [2.05, 4.69) is 10.3 Å². The van der Waals surface area contributed by atoms with Crippen LogP contribution in [0.15, 0.2) is 47.0 Å². The quantitative estimate of drug-likeness (QED) is 0.923. The molecular formula is C16H14N2O4S. The predicted octanol–water partition coefficient (Wildman–Crippen LogP) is 1.78. The third kappa shape index (κ3) is 2.95. The molecule has 2 heterocycles. The molecule has 1 aromatic heterocycles. The third-order valence-corrected chi connectivity index (χ3v) is 4.93. The summed E-state index contributed by atoms with van der Waals surface area (Å²) in [5.41, 5.74) is 1.55. The molecule has 1 N–H and O–H groups in total. The molecule has 7 heteroatoms. The van der Waals surface area contributed by atoms with E-state index in [0.717, 1.165) is 11.0 Å². The molecule has 1 aliphatic heterocycles. The van der Waals surface area contributed by atoms with Crippen molar-refractivity contribution in [3.05, 3.63) is 58.8 Å². The van der Waals surface area contributed by atoms with Crippen LogP contribution in [0.25, 0.3) is 6.08 Å². The van der Waals surface area contributed by atoms with Gasteiger partial charge in [0.05, 0.1) is 12.0 Å². The maximum Gasteiger partial charge on any atom is 0.251 e. The highest BCUT2D eigenvalue weighted by molar-refractivity contribution is 7.94. The number of hydrogen-bond donors (Lipinski definition) is 1. The van der Waals surface area contributed by atoms with Crippen molar-refractivity contribution in [1.82, 2.24) is 10.3 Å². The smallest absolute Gasteiger partial charge is 0.251 e. The lowest BCUT2D eigenvalue weighted by Gasteiger charge is -2.10. The van der Waals surface area contributed by atoms with E-state index < -0.39 is 9.84 Å². The minimum absolute atomic E-state index is 0.0865. The molecule has 0 spiro atoms. The number of methoxy groups -OCH3 is 1. The predicted molar refractivity (Wildman–Crippen MR) is 84.6 cm³/mol. The Bertz CT molecular complexity index is 890. The second-order valence-corrected chi connectivity index (χ2v) is 6.78. The minimum Gasteiger partial charge on any atom is -0.496 e. The number of nitrogens with one attached hydrogen (secondary N) is 1. The molecule has 1 amide bonds. The highest BCUT2D eigenvalue weighted by Crippen LogP contribution is 2.35. The number of nitrogens with zero attached hydrogens (tertiary/aromatic N) is 1. The average Bonchev–Trinajstić information content (AvgIpc) is 2.88. The van der Waals surface area contributed by atoms with Crippen molar-refractivity contribution in [2.75, 3.05) is 7.11 Å². The van der Waals surface area contributed by atoms with Gasteiger partial charge >= 0.3 is 0 Å². The zero-order chi connectivity index (χ0) is 16.4. The van der Waals surface area contributed by atoms with Crippen LogP contribution in [0, 0.1) is 0 Å². The van der Waals surface area contributed by atoms with Crippen molar-refractivity contribution in [2.45, 2.75) is 11.4 Å². The van der Waals surface area contributed by atoms with Crippen molar-refractivity contribution in [2.24, 2.45) is 0 Å². The molecule has 3 rings (SSSR count). The number of hydrogen-bond acceptors (Lipinski definition) is 5. The Labute approximate surface area is 133 Å². The van der Waals surface area contributed by atoms with Crippen molar-refractivity contribution in [1.29, 1.82) is 0 Å². The summed E-state index contributed by atoms with van der Waals surface area (Å²) in [5.74, 6) is -0.0246. The summed E-state index contributed by atoms with van der Waals surface area (Å²) in [7, 11) is -2.08. The first-order valence-electron chi connectivity index (χ1n) is 6.83. The van der Waals surface area contributed by atoms with E-state index in [1.807, 2.05) is 6.07 Å². The molecule has 6 nitrogen and oxygen atoms in total. The van der Waals surface area contributed by atoms with Crippen LogP contribution in [-0.4, -0.2) is 26.4 Å². The third-order valence-electron chi connectivity index (χ3n) is 3.48. The molecule has 0 bridgehead atoms. The Morgan fingerprint density at radius 3 is 2.87 bits per heavy atom. The number of carbonyl (C=O) groups excluding carboxylic acids is 1. The fraction of sp³-hybridized carbons (Fsp3) is 0.125. The molecule has 0 saturated heterocycles. The highest BCUT2D eigenvalue weighted by Gasteiger charge is 2.26. The molecule has 2 aromatic rings. The Balaban J connectivity index is 1.88. The number of ether oxygens (including phenoxy) is 1. The van der Waals surface area contributed by atoms with E-state index in [1.54, 1.807) is 18.5 Å². The maximum absolute atomic E-state index is 12.3. The van der Waals surface area contributed by atoms with Gasteiger partial charge in [-0.1, -0.05) is 6.07 Å². The number of sulfone groups is 1. The van der Waals surface area contributed by atoms with E-state index in [-0.39, 0.29) is 16.4 Å². The maximum atomic E-state index is 12.3. The summed E-state index contributed by atoms with van der Waals surface area (Å²) in [5, 5.41) is 3.84. The molecular weight excluding hydrogens is 316 g/mol. The zero-order valence-corrected chi connectivity index (χ0v) is 13.1. The van der Waals surface area contributed by atoms with Crippen LogP contribution in [-0.2, 0) is 16.4 Å². The lowest BCUT2D eigenvalue weighted by molar-refractivity contribution is 0.0950. The van der Waals surface area contributed by atoms with Gasteiger partial charge in [-0.05, 0) is 29.8 Å². The molecule has 0 radical (unpaired) electrons. The standard InChI is InChI=1S/C16H14N2O4S/c1-22-14-7-12(8-15-13(14)4-6-23(15,20)21)16(19)18-10-11-3-2-5-17-9-11/h2-9H,10H2,1H3,(H,18,19). The van der Waals surface area contributed by atoms with Gasteiger partial charge in [-0.2, -0.15) is 0 Å². The molecule has 0 aliphatic carbocycles. The highest BCUT2D eigenvalue weighted by atomic mass is 32.2. The number of fused-ring (bicyclic) bond motifs is 1. The van der Waals surface area contributed by atoms with E-state index in [1.165, 1.54) is 25.3 Å². The number of aromatic nitrogens is 1. The molecule has 118 valence electrons. The lowest BCUT2D eigenvalue weighted by atomic mass is 10.1. The zero-order valence-electron chi connectivity index (χ0n) is 12.3. The van der Waals surface area contributed by atoms with Crippen molar-refractivity contribution >= 4 is 21.8 Å². The first-order chi connectivity index (χ1) is 11.0. The average molecular weight is 330 g/mol. The van der Waals surface area contributed by atoms with Gasteiger partial charge in [-0.15, -0.1) is 0 Å². The van der Waals surface area contributed by atoms with Crippen molar-refractivity contribution in [3.8, 4) is 5.75 Å². The van der Waals surface area contributed by atoms with Crippen LogP contribution in [0.1, 0.15) is 21.5 Å². The molecule has 0 fully saturated rings. The number of pyridine rings is 1. The summed E-state index contributed by atoms with van der Waals surface area (Å²) in [6, 6.07) is 6.51. The summed E-state index contributed by atoms with van der Waals surface area (Å²) < 4.78 is 29.2. The summed E-state index contributed by atoms with van der Waals surface area (Å²) in [6.07, 6.45) is 4.77. The molecule has 0 atom stereocenters. The second-order valence-electron chi connectivity index (χ2n) is 4.98. The summed E-state index contributed by atoms with van der Waals surface area (Å²) in [6.45, 7) is 0.303. The Morgan fingerprint density at radius 2 is 2.17 bits per heavy atom. The summed E-state index contributed by atoms with van der Waals surface area (Å²) >= 11 is 0. The van der Waals surface area contributed by atoms with E-state index >= 15 is 0 Å². The van der Waals surface area contributed by atoms with Crippen molar-refractivity contribution < 1.29 is 17.9 Å². The van der Waals surface area contributed by atoms with Crippen molar-refractivity contribution in [3.63, 3.8) is 0 Å². The van der Waals surface area contributed by atoms with E-state index in [9.17, 15) is 13.2 Å². The monoisotopic (exact) mass is 330 g/mol. The van der Waals surface area contributed by atoms with Gasteiger partial charge in [0.2, 0.25) is 9.84 Å². The van der Waals surface area contributed by atoms with Crippen LogP contribution < -0.4 is 10.1 Å². The van der Waals surface area contributed by atoms with Crippen LogP contribution in [0.5, 0.6) is 5.75 Å². The molecule has 0 unspecified atom stereocenters. The van der Waals surface area contributed by atoms with Crippen LogP contribution in [0.2, 0.25) is 0 Å². The second kappa shape index (κ2) is 5.85. The van der Waals surface area contributed by atoms with Crippen LogP contribution in [0.3, 0.4) is 0 Å². The van der Waals surface area contributed by atoms with Gasteiger partial charge in [-0.3, -0.25) is 9.78 Å². The van der Waals surface area contributed by atoms with Gasteiger partial charge in [0.15, 0.2) is 0 Å². The summed E-state index contributed by atoms with van der Waals surface area (Å²) in [4.78, 5) is 16.4. The van der Waals surface area contributed by atoms with E-state index in [0.29, 0.717) is 17.9 Å². The number of carbonyl (C=O) groups is 1. The normalized spacial score (nSPS) is 14.3. The lowest BCUT2D eigenvalue weighted by Crippen LogP contribution is -2.23. The van der Waals surface area contributed by atoms with Gasteiger partial charge in [0.25, 0.3) is 5.91 Å². The molecule has 0 saturated carbocycles. The van der Waals surface area contributed by atoms with E-state index in [4.69, 9.17) is 4.74 Å². The molecule has 1 aromatic carbocycles. The van der Waals surface area contributed by atoms with Crippen LogP contribution in [0.4, 0.5) is 0 Å². The number of rotatable bonds is 4. The first-order valence-corrected chi connectivity index (χ1v) is 8.38. The van der Waals surface area contributed by atoms with Gasteiger partial charge in [-0.25, -0.2) is 8.42 Å². The number of benzene rings is 1.